The van der Waals surface area contributed by atoms with Crippen molar-refractivity contribution in [3.8, 4) is 5.82 Å². The third-order valence-electron chi connectivity index (χ3n) is 5.68. The van der Waals surface area contributed by atoms with Crippen LogP contribution in [0.3, 0.4) is 0 Å². The highest BCUT2D eigenvalue weighted by Crippen LogP contribution is 2.41. The van der Waals surface area contributed by atoms with Gasteiger partial charge in [-0.2, -0.15) is 5.10 Å². The summed E-state index contributed by atoms with van der Waals surface area (Å²) in [6.07, 6.45) is 11.9. The van der Waals surface area contributed by atoms with Crippen LogP contribution in [0.2, 0.25) is 0 Å². The van der Waals surface area contributed by atoms with Gasteiger partial charge >= 0.3 is 0 Å². The second kappa shape index (κ2) is 10.9. The number of hydrogen-bond acceptors (Lipinski definition) is 4. The number of hydrogen-bond donors (Lipinski definition) is 2. The topological polar surface area (TPSA) is 67.1 Å². The monoisotopic (exact) mass is 536 g/mol. The maximum Gasteiger partial charge on any atom is 0.191 e. The minimum Gasteiger partial charge on any atom is -0.355 e. The van der Waals surface area contributed by atoms with Crippen LogP contribution in [0.4, 0.5) is 0 Å². The van der Waals surface area contributed by atoms with Crippen molar-refractivity contribution >= 4 is 41.3 Å². The zero-order valence-corrected chi connectivity index (χ0v) is 20.4. The number of nitrogens with one attached hydrogen (secondary N) is 2. The van der Waals surface area contributed by atoms with Crippen LogP contribution < -0.4 is 10.6 Å². The summed E-state index contributed by atoms with van der Waals surface area (Å²) < 4.78 is 1.77. The van der Waals surface area contributed by atoms with Crippen molar-refractivity contribution in [2.24, 2.45) is 4.99 Å². The first kappa shape index (κ1) is 22.7. The van der Waals surface area contributed by atoms with E-state index in [4.69, 9.17) is 0 Å². The van der Waals surface area contributed by atoms with Crippen molar-refractivity contribution in [2.75, 3.05) is 13.6 Å². The Balaban J connectivity index is 0.00000256. The number of nitrogens with zero attached hydrogens (tertiary/aromatic N) is 4. The molecule has 0 spiro atoms. The van der Waals surface area contributed by atoms with Gasteiger partial charge in [-0.25, -0.2) is 9.67 Å². The molecule has 4 rings (SSSR count). The first-order valence-electron chi connectivity index (χ1n) is 10.2. The fraction of sp³-hybridized carbons (Fsp3) is 0.409. The molecule has 0 radical (unpaired) electrons. The smallest absolute Gasteiger partial charge is 0.191 e. The number of aromatic nitrogens is 3. The summed E-state index contributed by atoms with van der Waals surface area (Å²) in [7, 11) is 1.83. The lowest BCUT2D eigenvalue weighted by Crippen LogP contribution is -2.46. The minimum absolute atomic E-state index is 0. The largest absolute Gasteiger partial charge is 0.355 e. The first-order valence-corrected chi connectivity index (χ1v) is 11.1. The van der Waals surface area contributed by atoms with Crippen molar-refractivity contribution in [3.63, 3.8) is 0 Å². The molecule has 3 heterocycles. The molecule has 1 aliphatic carbocycles. The van der Waals surface area contributed by atoms with Crippen LogP contribution >= 0.6 is 35.3 Å². The summed E-state index contributed by atoms with van der Waals surface area (Å²) in [6.45, 7) is 1.60. The second-order valence-corrected chi connectivity index (χ2v) is 8.52. The van der Waals surface area contributed by atoms with E-state index in [1.807, 2.05) is 49.0 Å². The molecule has 160 valence electrons. The molecular formula is C22H29IN6S. The Hall–Kier alpha value is -1.94. The van der Waals surface area contributed by atoms with Gasteiger partial charge in [-0.05, 0) is 48.1 Å². The molecule has 0 unspecified atom stereocenters. The zero-order chi connectivity index (χ0) is 19.9. The third-order valence-corrected chi connectivity index (χ3v) is 6.80. The molecule has 1 saturated carbocycles. The van der Waals surface area contributed by atoms with Gasteiger partial charge in [0.1, 0.15) is 0 Å². The van der Waals surface area contributed by atoms with E-state index in [1.54, 1.807) is 10.9 Å². The molecule has 2 N–H and O–H groups in total. The van der Waals surface area contributed by atoms with Crippen molar-refractivity contribution in [3.05, 3.63) is 64.7 Å². The van der Waals surface area contributed by atoms with Crippen molar-refractivity contribution < 1.29 is 0 Å². The lowest BCUT2D eigenvalue weighted by atomic mass is 9.73. The standard InChI is InChI=1S/C22H28N6S.HI/c1-23-21(25-16-18-8-12-24-20(15-18)28-13-6-11-27-28)26-17-22(9-3-2-4-10-22)19-7-5-14-29-19;/h5-8,11-15H,2-4,9-10,16-17H2,1H3,(H2,23,25,26);1H. The molecule has 1 fully saturated rings. The Morgan fingerprint density at radius 2 is 2.03 bits per heavy atom. The van der Waals surface area contributed by atoms with E-state index in [-0.39, 0.29) is 29.4 Å². The van der Waals surface area contributed by atoms with Crippen LogP contribution in [0.15, 0.2) is 59.3 Å². The highest BCUT2D eigenvalue weighted by Gasteiger charge is 2.34. The van der Waals surface area contributed by atoms with Gasteiger partial charge in [0.2, 0.25) is 0 Å². The summed E-state index contributed by atoms with van der Waals surface area (Å²) in [5, 5.41) is 13.5. The van der Waals surface area contributed by atoms with E-state index in [0.717, 1.165) is 23.9 Å². The van der Waals surface area contributed by atoms with E-state index in [1.165, 1.54) is 37.0 Å². The normalized spacial score (nSPS) is 16.0. The van der Waals surface area contributed by atoms with Gasteiger partial charge in [0, 0.05) is 49.0 Å². The quantitative estimate of drug-likeness (QED) is 0.277. The maximum absolute atomic E-state index is 4.44. The molecule has 0 aromatic carbocycles. The van der Waals surface area contributed by atoms with Gasteiger partial charge in [0.15, 0.2) is 11.8 Å². The number of halogens is 1. The predicted molar refractivity (Wildman–Crippen MR) is 134 cm³/mol. The number of guanidine groups is 1. The Labute approximate surface area is 199 Å². The number of rotatable bonds is 6. The maximum atomic E-state index is 4.44. The molecule has 0 saturated heterocycles. The minimum atomic E-state index is 0. The first-order chi connectivity index (χ1) is 14.3. The Bertz CT molecular complexity index is 917. The molecule has 6 nitrogen and oxygen atoms in total. The number of pyridine rings is 1. The van der Waals surface area contributed by atoms with Gasteiger partial charge in [-0.3, -0.25) is 4.99 Å². The lowest BCUT2D eigenvalue weighted by molar-refractivity contribution is 0.296. The molecule has 0 atom stereocenters. The lowest BCUT2D eigenvalue weighted by Gasteiger charge is -2.37. The Morgan fingerprint density at radius 3 is 2.73 bits per heavy atom. The molecule has 0 aliphatic heterocycles. The average Bonchev–Trinajstić information content (AvgIpc) is 3.49. The summed E-state index contributed by atoms with van der Waals surface area (Å²) in [5.41, 5.74) is 1.37. The third kappa shape index (κ3) is 5.40. The summed E-state index contributed by atoms with van der Waals surface area (Å²) in [6, 6.07) is 10.4. The van der Waals surface area contributed by atoms with Crippen LogP contribution in [0, 0.1) is 0 Å². The molecule has 0 bridgehead atoms. The molecular weight excluding hydrogens is 507 g/mol. The van der Waals surface area contributed by atoms with Crippen LogP contribution in [-0.2, 0) is 12.0 Å². The van der Waals surface area contributed by atoms with Crippen LogP contribution in [0.5, 0.6) is 0 Å². The van der Waals surface area contributed by atoms with E-state index in [9.17, 15) is 0 Å². The summed E-state index contributed by atoms with van der Waals surface area (Å²) in [5.74, 6) is 1.65. The van der Waals surface area contributed by atoms with Crippen molar-refractivity contribution in [1.82, 2.24) is 25.4 Å². The number of aliphatic imine (C=N–C) groups is 1. The van der Waals surface area contributed by atoms with Crippen LogP contribution in [0.1, 0.15) is 42.5 Å². The number of thiophene rings is 1. The van der Waals surface area contributed by atoms with Gasteiger partial charge < -0.3 is 10.6 Å². The Morgan fingerprint density at radius 1 is 1.17 bits per heavy atom. The second-order valence-electron chi connectivity index (χ2n) is 7.57. The molecule has 30 heavy (non-hydrogen) atoms. The van der Waals surface area contributed by atoms with E-state index in [2.05, 4.69) is 43.2 Å². The van der Waals surface area contributed by atoms with Gasteiger partial charge in [0.25, 0.3) is 0 Å². The average molecular weight is 536 g/mol. The molecule has 8 heteroatoms. The molecule has 3 aromatic rings. The zero-order valence-electron chi connectivity index (χ0n) is 17.3. The van der Waals surface area contributed by atoms with Crippen LogP contribution in [0.25, 0.3) is 5.82 Å². The fourth-order valence-electron chi connectivity index (χ4n) is 4.08. The molecule has 0 amide bonds. The highest BCUT2D eigenvalue weighted by atomic mass is 127. The Kier molecular flexibility index (Phi) is 8.26. The van der Waals surface area contributed by atoms with Crippen molar-refractivity contribution in [1.29, 1.82) is 0 Å². The van der Waals surface area contributed by atoms with E-state index < -0.39 is 0 Å². The van der Waals surface area contributed by atoms with E-state index in [0.29, 0.717) is 6.54 Å². The van der Waals surface area contributed by atoms with Crippen LogP contribution in [-0.4, -0.2) is 34.3 Å². The fourth-order valence-corrected chi connectivity index (χ4v) is 5.07. The summed E-state index contributed by atoms with van der Waals surface area (Å²) >= 11 is 1.88. The SMILES string of the molecule is CN=C(NCc1ccnc(-n2cccn2)c1)NCC1(c2cccs2)CCCCC1.I. The van der Waals surface area contributed by atoms with E-state index >= 15 is 0 Å². The van der Waals surface area contributed by atoms with Gasteiger partial charge in [-0.15, -0.1) is 35.3 Å². The van der Waals surface area contributed by atoms with Crippen molar-refractivity contribution in [2.45, 2.75) is 44.1 Å². The molecule has 3 aromatic heterocycles. The van der Waals surface area contributed by atoms with Gasteiger partial charge in [0.05, 0.1) is 0 Å². The highest BCUT2D eigenvalue weighted by molar-refractivity contribution is 14.0. The van der Waals surface area contributed by atoms with Gasteiger partial charge in [-0.1, -0.05) is 25.3 Å². The molecule has 1 aliphatic rings. The predicted octanol–water partition coefficient (Wildman–Crippen LogP) is 4.51. The summed E-state index contributed by atoms with van der Waals surface area (Å²) in [4.78, 5) is 10.3.